The zero-order chi connectivity index (χ0) is 18.6. The summed E-state index contributed by atoms with van der Waals surface area (Å²) in [5, 5.41) is 4.89. The van der Waals surface area contributed by atoms with Crippen LogP contribution in [-0.2, 0) is 4.43 Å². The Kier molecular flexibility index (Phi) is 7.78. The number of pyridine rings is 1. The highest BCUT2D eigenvalue weighted by Crippen LogP contribution is 2.39. The molecule has 1 aromatic heterocycles. The maximum atomic E-state index is 6.79. The third-order valence-corrected chi connectivity index (χ3v) is 11.1. The number of hydrogen-bond donors (Lipinski definition) is 1. The van der Waals surface area contributed by atoms with Gasteiger partial charge >= 0.3 is 0 Å². The van der Waals surface area contributed by atoms with Crippen LogP contribution < -0.4 is 5.32 Å². The molecule has 0 bridgehead atoms. The van der Waals surface area contributed by atoms with Gasteiger partial charge in [-0.2, -0.15) is 0 Å². The van der Waals surface area contributed by atoms with E-state index in [1.165, 1.54) is 6.42 Å². The zero-order valence-corrected chi connectivity index (χ0v) is 18.6. The average Bonchev–Trinajstić information content (AvgIpc) is 3.37. The molecule has 1 N–H and O–H groups in total. The molecule has 6 heteroatoms. The molecule has 0 amide bonds. The summed E-state index contributed by atoms with van der Waals surface area (Å²) < 4.78 is 6.79. The van der Waals surface area contributed by atoms with Crippen molar-refractivity contribution in [2.24, 2.45) is 11.8 Å². The van der Waals surface area contributed by atoms with E-state index in [1.54, 1.807) is 12.4 Å². The number of aromatic nitrogens is 1. The fraction of sp³-hybridized carbons (Fsp3) is 0.737. The Morgan fingerprint density at radius 1 is 1.16 bits per heavy atom. The van der Waals surface area contributed by atoms with E-state index in [0.717, 1.165) is 42.1 Å². The quantitative estimate of drug-likeness (QED) is 0.480. The van der Waals surface area contributed by atoms with Gasteiger partial charge < -0.3 is 9.74 Å². The van der Waals surface area contributed by atoms with Crippen LogP contribution >= 0.6 is 23.2 Å². The predicted octanol–water partition coefficient (Wildman–Crippen LogP) is 6.09. The molecule has 1 heterocycles. The summed E-state index contributed by atoms with van der Waals surface area (Å²) in [6.45, 7) is 12.1. The highest BCUT2D eigenvalue weighted by molar-refractivity contribution is 6.73. The summed E-state index contributed by atoms with van der Waals surface area (Å²) >= 11 is 12.9. The fourth-order valence-corrected chi connectivity index (χ4v) is 7.09. The minimum atomic E-state index is -1.78. The Bertz CT molecular complexity index is 538. The Morgan fingerprint density at radius 3 is 2.16 bits per heavy atom. The summed E-state index contributed by atoms with van der Waals surface area (Å²) in [4.78, 5) is 4.10. The number of nitrogens with one attached hydrogen (secondary N) is 1. The van der Waals surface area contributed by atoms with Crippen molar-refractivity contribution in [1.29, 1.82) is 0 Å². The summed E-state index contributed by atoms with van der Waals surface area (Å²) in [5.74, 6) is 1.50. The van der Waals surface area contributed by atoms with E-state index in [9.17, 15) is 0 Å². The van der Waals surface area contributed by atoms with Gasteiger partial charge in [0.05, 0.1) is 16.1 Å². The number of nitrogens with zero attached hydrogens (tertiary/aromatic N) is 1. The van der Waals surface area contributed by atoms with Gasteiger partial charge in [0.1, 0.15) is 0 Å². The average molecular weight is 403 g/mol. The first-order valence-corrected chi connectivity index (χ1v) is 12.9. The standard InChI is InChI=1S/C19H32Cl2N2OSi/c1-6-25(7-2,8-3)24-18(12-23-17-9-14(17)13(4)5)19-15(20)10-22-11-16(19)21/h10-11,13-14,17-18,23H,6-9,12H2,1-5H3. The van der Waals surface area contributed by atoms with Crippen LogP contribution in [0.3, 0.4) is 0 Å². The minimum absolute atomic E-state index is 0.108. The maximum Gasteiger partial charge on any atom is 0.192 e. The minimum Gasteiger partial charge on any atom is -0.409 e. The highest BCUT2D eigenvalue weighted by atomic mass is 35.5. The molecule has 3 unspecified atom stereocenters. The molecule has 1 fully saturated rings. The first kappa shape index (κ1) is 21.2. The molecule has 1 aromatic rings. The Balaban J connectivity index is 2.19. The number of rotatable bonds is 10. The van der Waals surface area contributed by atoms with Gasteiger partial charge in [-0.15, -0.1) is 0 Å². The van der Waals surface area contributed by atoms with Crippen LogP contribution in [0.25, 0.3) is 0 Å². The molecule has 3 atom stereocenters. The van der Waals surface area contributed by atoms with Crippen molar-refractivity contribution in [3.63, 3.8) is 0 Å². The molecule has 142 valence electrons. The van der Waals surface area contributed by atoms with Crippen LogP contribution in [-0.4, -0.2) is 25.9 Å². The van der Waals surface area contributed by atoms with Crippen LogP contribution in [0, 0.1) is 11.8 Å². The van der Waals surface area contributed by atoms with E-state index >= 15 is 0 Å². The van der Waals surface area contributed by atoms with E-state index in [-0.39, 0.29) is 6.10 Å². The smallest absolute Gasteiger partial charge is 0.192 e. The lowest BCUT2D eigenvalue weighted by Gasteiger charge is -2.34. The molecule has 0 spiro atoms. The van der Waals surface area contributed by atoms with Gasteiger partial charge in [-0.05, 0) is 36.4 Å². The molecule has 3 nitrogen and oxygen atoms in total. The lowest BCUT2D eigenvalue weighted by molar-refractivity contribution is 0.184. The Morgan fingerprint density at radius 2 is 1.72 bits per heavy atom. The van der Waals surface area contributed by atoms with Gasteiger partial charge in [-0.1, -0.05) is 57.8 Å². The second-order valence-corrected chi connectivity index (χ2v) is 13.1. The van der Waals surface area contributed by atoms with Gasteiger partial charge in [-0.25, -0.2) is 0 Å². The summed E-state index contributed by atoms with van der Waals surface area (Å²) in [6, 6.07) is 3.91. The van der Waals surface area contributed by atoms with E-state index < -0.39 is 8.32 Å². The van der Waals surface area contributed by atoms with Gasteiger partial charge in [0.25, 0.3) is 0 Å². The topological polar surface area (TPSA) is 34.1 Å². The molecule has 1 saturated carbocycles. The van der Waals surface area contributed by atoms with E-state index in [2.05, 4.69) is 44.9 Å². The van der Waals surface area contributed by atoms with Crippen LogP contribution in [0.4, 0.5) is 0 Å². The Hall–Kier alpha value is -0.133. The number of hydrogen-bond acceptors (Lipinski definition) is 3. The molecule has 25 heavy (non-hydrogen) atoms. The molecule has 0 radical (unpaired) electrons. The monoisotopic (exact) mass is 402 g/mol. The zero-order valence-electron chi connectivity index (χ0n) is 16.1. The Labute approximate surface area is 164 Å². The van der Waals surface area contributed by atoms with Crippen LogP contribution in [0.2, 0.25) is 28.2 Å². The summed E-state index contributed by atoms with van der Waals surface area (Å²) in [5.41, 5.74) is 0.889. The van der Waals surface area contributed by atoms with Gasteiger partial charge in [0.2, 0.25) is 0 Å². The third kappa shape index (κ3) is 5.20. The second kappa shape index (κ2) is 9.18. The molecular formula is C19H32Cl2N2OSi. The van der Waals surface area contributed by atoms with Gasteiger partial charge in [0, 0.05) is 30.5 Å². The largest absolute Gasteiger partial charge is 0.409 e. The van der Waals surface area contributed by atoms with Crippen LogP contribution in [0.5, 0.6) is 0 Å². The lowest BCUT2D eigenvalue weighted by atomic mass is 10.1. The van der Waals surface area contributed by atoms with Crippen molar-refractivity contribution in [3.8, 4) is 0 Å². The molecule has 0 aromatic carbocycles. The van der Waals surface area contributed by atoms with Gasteiger partial charge in [-0.3, -0.25) is 4.98 Å². The van der Waals surface area contributed by atoms with E-state index in [4.69, 9.17) is 27.6 Å². The van der Waals surface area contributed by atoms with Crippen molar-refractivity contribution in [3.05, 3.63) is 28.0 Å². The van der Waals surface area contributed by atoms with E-state index in [1.807, 2.05) is 0 Å². The second-order valence-electron chi connectivity index (χ2n) is 7.53. The normalized spacial score (nSPS) is 21.6. The molecule has 0 aliphatic heterocycles. The SMILES string of the molecule is CC[Si](CC)(CC)OC(CNC1CC1C(C)C)c1c(Cl)cncc1Cl. The van der Waals surface area contributed by atoms with Crippen molar-refractivity contribution in [1.82, 2.24) is 10.3 Å². The van der Waals surface area contributed by atoms with Crippen LogP contribution in [0.1, 0.15) is 52.7 Å². The van der Waals surface area contributed by atoms with E-state index in [0.29, 0.717) is 16.1 Å². The number of halogens is 2. The van der Waals surface area contributed by atoms with Crippen LogP contribution in [0.15, 0.2) is 12.4 Å². The molecule has 1 aliphatic carbocycles. The van der Waals surface area contributed by atoms with Crippen molar-refractivity contribution < 1.29 is 4.43 Å². The van der Waals surface area contributed by atoms with Crippen molar-refractivity contribution in [2.75, 3.05) is 6.54 Å². The maximum absolute atomic E-state index is 6.79. The molecular weight excluding hydrogens is 371 g/mol. The lowest BCUT2D eigenvalue weighted by Crippen LogP contribution is -2.40. The highest BCUT2D eigenvalue weighted by Gasteiger charge is 2.40. The van der Waals surface area contributed by atoms with Crippen molar-refractivity contribution in [2.45, 2.75) is 71.3 Å². The fourth-order valence-electron chi connectivity index (χ4n) is 3.68. The first-order valence-electron chi connectivity index (χ1n) is 9.57. The summed E-state index contributed by atoms with van der Waals surface area (Å²) in [7, 11) is -1.78. The third-order valence-electron chi connectivity index (χ3n) is 5.80. The van der Waals surface area contributed by atoms with Crippen molar-refractivity contribution >= 4 is 31.5 Å². The molecule has 2 rings (SSSR count). The molecule has 1 aliphatic rings. The summed E-state index contributed by atoms with van der Waals surface area (Å²) in [6.07, 6.45) is 4.48. The predicted molar refractivity (Wildman–Crippen MR) is 110 cm³/mol. The van der Waals surface area contributed by atoms with Gasteiger partial charge in [0.15, 0.2) is 8.32 Å². The first-order chi connectivity index (χ1) is 11.9. The molecule has 0 saturated heterocycles.